The SMILES string of the molecule is O=C(O)C1CC(O)CN1S(=O)(=O)c1ccc(F)cc1F. The Morgan fingerprint density at radius 2 is 2.00 bits per heavy atom. The van der Waals surface area contributed by atoms with Crippen molar-refractivity contribution in [3.8, 4) is 0 Å². The monoisotopic (exact) mass is 307 g/mol. The van der Waals surface area contributed by atoms with Crippen LogP contribution in [0.25, 0.3) is 0 Å². The number of hydrogen-bond acceptors (Lipinski definition) is 4. The molecule has 0 bridgehead atoms. The first-order valence-corrected chi connectivity index (χ1v) is 7.05. The van der Waals surface area contributed by atoms with Crippen LogP contribution in [0.2, 0.25) is 0 Å². The summed E-state index contributed by atoms with van der Waals surface area (Å²) in [5, 5.41) is 18.4. The minimum atomic E-state index is -4.46. The fraction of sp³-hybridized carbons (Fsp3) is 0.364. The normalized spacial score (nSPS) is 23.9. The lowest BCUT2D eigenvalue weighted by Gasteiger charge is -2.20. The van der Waals surface area contributed by atoms with Crippen LogP contribution in [-0.4, -0.2) is 47.6 Å². The molecule has 9 heteroatoms. The molecular weight excluding hydrogens is 296 g/mol. The number of carbonyl (C=O) groups is 1. The Hall–Kier alpha value is -1.58. The van der Waals surface area contributed by atoms with Crippen molar-refractivity contribution in [3.05, 3.63) is 29.8 Å². The van der Waals surface area contributed by atoms with Crippen LogP contribution in [0.5, 0.6) is 0 Å². The summed E-state index contributed by atoms with van der Waals surface area (Å²) in [6, 6.07) is 0.413. The number of β-amino-alcohol motifs (C(OH)–C–C–N with tert-alkyl or cyclic N) is 1. The molecule has 2 unspecified atom stereocenters. The molecule has 0 spiro atoms. The summed E-state index contributed by atoms with van der Waals surface area (Å²) >= 11 is 0. The second-order valence-corrected chi connectivity index (χ2v) is 6.25. The van der Waals surface area contributed by atoms with Crippen molar-refractivity contribution in [3.63, 3.8) is 0 Å². The molecule has 0 saturated carbocycles. The van der Waals surface area contributed by atoms with E-state index in [0.717, 1.165) is 12.1 Å². The Balaban J connectivity index is 2.46. The highest BCUT2D eigenvalue weighted by Gasteiger charge is 2.44. The van der Waals surface area contributed by atoms with Crippen molar-refractivity contribution in [1.29, 1.82) is 0 Å². The molecule has 2 N–H and O–H groups in total. The molecule has 2 atom stereocenters. The summed E-state index contributed by atoms with van der Waals surface area (Å²) in [5.41, 5.74) is 0. The number of halogens is 2. The van der Waals surface area contributed by atoms with Gasteiger partial charge in [0.05, 0.1) is 6.10 Å². The first-order valence-electron chi connectivity index (χ1n) is 5.61. The van der Waals surface area contributed by atoms with Gasteiger partial charge in [0.1, 0.15) is 22.6 Å². The van der Waals surface area contributed by atoms with Gasteiger partial charge in [-0.15, -0.1) is 0 Å². The predicted octanol–water partition coefficient (Wildman–Crippen LogP) is 0.173. The average Bonchev–Trinajstić information content (AvgIpc) is 2.71. The van der Waals surface area contributed by atoms with E-state index < -0.39 is 51.2 Å². The fourth-order valence-electron chi connectivity index (χ4n) is 2.09. The van der Waals surface area contributed by atoms with Crippen molar-refractivity contribution < 1.29 is 32.2 Å². The van der Waals surface area contributed by atoms with Crippen LogP contribution in [-0.2, 0) is 14.8 Å². The molecular formula is C11H11F2NO5S. The quantitative estimate of drug-likeness (QED) is 0.830. The Bertz CT molecular complexity index is 648. The summed E-state index contributed by atoms with van der Waals surface area (Å²) in [4.78, 5) is 10.2. The maximum Gasteiger partial charge on any atom is 0.322 e. The van der Waals surface area contributed by atoms with Crippen molar-refractivity contribution in [1.82, 2.24) is 4.31 Å². The van der Waals surface area contributed by atoms with E-state index in [-0.39, 0.29) is 6.42 Å². The lowest BCUT2D eigenvalue weighted by atomic mass is 10.2. The van der Waals surface area contributed by atoms with Crippen LogP contribution in [0.4, 0.5) is 8.78 Å². The molecule has 0 amide bonds. The van der Waals surface area contributed by atoms with E-state index in [1.165, 1.54) is 0 Å². The van der Waals surface area contributed by atoms with Crippen molar-refractivity contribution in [2.24, 2.45) is 0 Å². The molecule has 1 aromatic rings. The maximum atomic E-state index is 13.6. The first kappa shape index (κ1) is 14.8. The zero-order valence-electron chi connectivity index (χ0n) is 10.0. The smallest absolute Gasteiger partial charge is 0.322 e. The summed E-state index contributed by atoms with van der Waals surface area (Å²) in [6.07, 6.45) is -1.42. The molecule has 1 aliphatic rings. The number of sulfonamides is 1. The lowest BCUT2D eigenvalue weighted by molar-refractivity contribution is -0.140. The largest absolute Gasteiger partial charge is 0.480 e. The summed E-state index contributed by atoms with van der Waals surface area (Å²) in [5.74, 6) is -3.69. The first-order chi connectivity index (χ1) is 9.23. The van der Waals surface area contributed by atoms with E-state index in [9.17, 15) is 27.1 Å². The molecule has 1 heterocycles. The topological polar surface area (TPSA) is 94.9 Å². The highest BCUT2D eigenvalue weighted by atomic mass is 32.2. The van der Waals surface area contributed by atoms with Crippen LogP contribution < -0.4 is 0 Å². The maximum absolute atomic E-state index is 13.6. The number of aliphatic carboxylic acids is 1. The minimum Gasteiger partial charge on any atom is -0.480 e. The summed E-state index contributed by atoms with van der Waals surface area (Å²) < 4.78 is 51.3. The Morgan fingerprint density at radius 3 is 2.55 bits per heavy atom. The van der Waals surface area contributed by atoms with Gasteiger partial charge in [0.15, 0.2) is 0 Å². The zero-order chi connectivity index (χ0) is 15.1. The highest BCUT2D eigenvalue weighted by molar-refractivity contribution is 7.89. The molecule has 1 aromatic carbocycles. The number of aliphatic hydroxyl groups is 1. The van der Waals surface area contributed by atoms with Crippen molar-refractivity contribution >= 4 is 16.0 Å². The van der Waals surface area contributed by atoms with Crippen molar-refractivity contribution in [2.45, 2.75) is 23.5 Å². The number of carboxylic acids is 1. The van der Waals surface area contributed by atoms with E-state index >= 15 is 0 Å². The lowest BCUT2D eigenvalue weighted by Crippen LogP contribution is -2.40. The fourth-order valence-corrected chi connectivity index (χ4v) is 3.76. The van der Waals surface area contributed by atoms with Gasteiger partial charge in [-0.25, -0.2) is 17.2 Å². The molecule has 1 saturated heterocycles. The molecule has 0 aromatic heterocycles. The van der Waals surface area contributed by atoms with E-state index in [4.69, 9.17) is 5.11 Å². The third-order valence-corrected chi connectivity index (χ3v) is 4.91. The average molecular weight is 307 g/mol. The number of carboxylic acid groups (broad SMARTS) is 1. The van der Waals surface area contributed by atoms with E-state index in [0.29, 0.717) is 10.4 Å². The van der Waals surface area contributed by atoms with E-state index in [1.807, 2.05) is 0 Å². The van der Waals surface area contributed by atoms with Crippen LogP contribution in [0.15, 0.2) is 23.1 Å². The number of nitrogens with zero attached hydrogens (tertiary/aromatic N) is 1. The van der Waals surface area contributed by atoms with Crippen LogP contribution in [0.3, 0.4) is 0 Å². The molecule has 110 valence electrons. The van der Waals surface area contributed by atoms with Crippen LogP contribution in [0.1, 0.15) is 6.42 Å². The number of rotatable bonds is 3. The van der Waals surface area contributed by atoms with Gasteiger partial charge in [-0.05, 0) is 12.1 Å². The van der Waals surface area contributed by atoms with Gasteiger partial charge in [0, 0.05) is 19.0 Å². The van der Waals surface area contributed by atoms with Crippen molar-refractivity contribution in [2.75, 3.05) is 6.54 Å². The van der Waals surface area contributed by atoms with Gasteiger partial charge in [-0.3, -0.25) is 4.79 Å². The summed E-state index contributed by atoms with van der Waals surface area (Å²) in [7, 11) is -4.46. The van der Waals surface area contributed by atoms with Crippen LogP contribution >= 0.6 is 0 Å². The molecule has 1 aliphatic heterocycles. The summed E-state index contributed by atoms with van der Waals surface area (Å²) in [6.45, 7) is -0.448. The number of hydrogen-bond donors (Lipinski definition) is 2. The standard InChI is InChI=1S/C11H11F2NO5S/c12-6-1-2-10(8(13)3-6)20(18,19)14-5-7(15)4-9(14)11(16)17/h1-3,7,9,15H,4-5H2,(H,16,17). The van der Waals surface area contributed by atoms with Gasteiger partial charge in [-0.1, -0.05) is 0 Å². The third-order valence-electron chi connectivity index (χ3n) is 3.00. The Kier molecular flexibility index (Phi) is 3.76. The number of aliphatic hydroxyl groups excluding tert-OH is 1. The Morgan fingerprint density at radius 1 is 1.35 bits per heavy atom. The van der Waals surface area contributed by atoms with Crippen LogP contribution in [0, 0.1) is 11.6 Å². The second-order valence-electron chi connectivity index (χ2n) is 4.39. The Labute approximate surface area is 113 Å². The van der Waals surface area contributed by atoms with Gasteiger partial charge >= 0.3 is 5.97 Å². The minimum absolute atomic E-state index is 0.280. The molecule has 20 heavy (non-hydrogen) atoms. The highest BCUT2D eigenvalue weighted by Crippen LogP contribution is 2.28. The van der Waals surface area contributed by atoms with Gasteiger partial charge in [0.2, 0.25) is 10.0 Å². The van der Waals surface area contributed by atoms with Gasteiger partial charge in [-0.2, -0.15) is 4.31 Å². The number of benzene rings is 1. The third kappa shape index (κ3) is 2.51. The van der Waals surface area contributed by atoms with Gasteiger partial charge < -0.3 is 10.2 Å². The second kappa shape index (κ2) is 5.08. The molecule has 6 nitrogen and oxygen atoms in total. The van der Waals surface area contributed by atoms with E-state index in [2.05, 4.69) is 0 Å². The molecule has 2 rings (SSSR count). The van der Waals surface area contributed by atoms with E-state index in [1.54, 1.807) is 0 Å². The molecule has 0 radical (unpaired) electrons. The predicted molar refractivity (Wildman–Crippen MR) is 62.3 cm³/mol. The molecule has 1 fully saturated rings. The zero-order valence-corrected chi connectivity index (χ0v) is 10.8. The van der Waals surface area contributed by atoms with Gasteiger partial charge in [0.25, 0.3) is 0 Å². The molecule has 0 aliphatic carbocycles.